The minimum atomic E-state index is -0.119. The lowest BCUT2D eigenvalue weighted by Gasteiger charge is -2.26. The van der Waals surface area contributed by atoms with Crippen molar-refractivity contribution >= 4 is 11.5 Å². The summed E-state index contributed by atoms with van der Waals surface area (Å²) in [6.45, 7) is 10.2. The van der Waals surface area contributed by atoms with E-state index in [1.54, 1.807) is 6.08 Å². The van der Waals surface area contributed by atoms with Gasteiger partial charge in [-0.25, -0.2) is 4.99 Å². The van der Waals surface area contributed by atoms with Crippen LogP contribution in [0.5, 0.6) is 5.75 Å². The number of benzene rings is 1. The van der Waals surface area contributed by atoms with Crippen LogP contribution in [-0.4, -0.2) is 37.0 Å². The fourth-order valence-corrected chi connectivity index (χ4v) is 2.65. The van der Waals surface area contributed by atoms with E-state index in [1.165, 1.54) is 32.4 Å². The highest BCUT2D eigenvalue weighted by Gasteiger charge is 2.13. The smallest absolute Gasteiger partial charge is 0.125 e. The molecule has 1 aromatic rings. The number of hydrogen-bond donors (Lipinski definition) is 2. The maximum atomic E-state index is 6.02. The van der Waals surface area contributed by atoms with Crippen molar-refractivity contribution < 1.29 is 4.74 Å². The van der Waals surface area contributed by atoms with Gasteiger partial charge in [-0.15, -0.1) is 0 Å². The first kappa shape index (κ1) is 19.3. The number of rotatable bonds is 6. The molecule has 1 heterocycles. The molecule has 5 nitrogen and oxygen atoms in total. The van der Waals surface area contributed by atoms with Gasteiger partial charge in [0.2, 0.25) is 0 Å². The highest BCUT2D eigenvalue weighted by Crippen LogP contribution is 2.21. The summed E-state index contributed by atoms with van der Waals surface area (Å²) < 4.78 is 5.82. The van der Waals surface area contributed by atoms with E-state index in [-0.39, 0.29) is 5.41 Å². The number of amidine groups is 1. The lowest BCUT2D eigenvalue weighted by molar-refractivity contribution is 0.183. The number of ether oxygens (including phenoxy) is 1. The third kappa shape index (κ3) is 6.78. The van der Waals surface area contributed by atoms with Crippen LogP contribution in [0.3, 0.4) is 0 Å². The Bertz CT molecular complexity index is 593. The predicted octanol–water partition coefficient (Wildman–Crippen LogP) is 3.43. The van der Waals surface area contributed by atoms with Crippen LogP contribution in [0.15, 0.2) is 41.0 Å². The quantitative estimate of drug-likeness (QED) is 0.612. The zero-order valence-electron chi connectivity index (χ0n) is 15.8. The molecule has 1 aromatic carbocycles. The van der Waals surface area contributed by atoms with Crippen LogP contribution < -0.4 is 16.2 Å². The number of likely N-dealkylation sites (tertiary alicyclic amines) is 1. The van der Waals surface area contributed by atoms with Crippen molar-refractivity contribution in [2.45, 2.75) is 40.0 Å². The molecule has 1 aliphatic rings. The van der Waals surface area contributed by atoms with Gasteiger partial charge in [0.05, 0.1) is 5.69 Å². The zero-order chi connectivity index (χ0) is 18.3. The van der Waals surface area contributed by atoms with Crippen LogP contribution in [0, 0.1) is 5.41 Å². The maximum absolute atomic E-state index is 6.02. The van der Waals surface area contributed by atoms with Gasteiger partial charge in [-0.3, -0.25) is 4.90 Å². The Kier molecular flexibility index (Phi) is 6.88. The molecule has 0 amide bonds. The first-order valence-electron chi connectivity index (χ1n) is 9.11. The Morgan fingerprint density at radius 1 is 1.12 bits per heavy atom. The zero-order valence-corrected chi connectivity index (χ0v) is 15.8. The Balaban J connectivity index is 1.85. The number of piperidine rings is 1. The Morgan fingerprint density at radius 2 is 1.76 bits per heavy atom. The van der Waals surface area contributed by atoms with Gasteiger partial charge in [-0.1, -0.05) is 27.2 Å². The van der Waals surface area contributed by atoms with Gasteiger partial charge < -0.3 is 16.2 Å². The Morgan fingerprint density at radius 3 is 2.36 bits per heavy atom. The lowest BCUT2D eigenvalue weighted by Crippen LogP contribution is -2.33. The second-order valence-corrected chi connectivity index (χ2v) is 7.63. The molecule has 4 N–H and O–H groups in total. The summed E-state index contributed by atoms with van der Waals surface area (Å²) in [4.78, 5) is 6.85. The molecular formula is C20H32N4O. The lowest BCUT2D eigenvalue weighted by atomic mass is 9.92. The average Bonchev–Trinajstić information content (AvgIpc) is 2.56. The van der Waals surface area contributed by atoms with Crippen LogP contribution >= 0.6 is 0 Å². The van der Waals surface area contributed by atoms with E-state index in [2.05, 4.69) is 9.89 Å². The number of nitrogens with zero attached hydrogens (tertiary/aromatic N) is 2. The van der Waals surface area contributed by atoms with Gasteiger partial charge in [-0.2, -0.15) is 0 Å². The molecule has 0 aromatic heterocycles. The summed E-state index contributed by atoms with van der Waals surface area (Å²) in [7, 11) is 0. The predicted molar refractivity (Wildman–Crippen MR) is 105 cm³/mol. The first-order chi connectivity index (χ1) is 11.8. The van der Waals surface area contributed by atoms with Crippen molar-refractivity contribution in [1.29, 1.82) is 0 Å². The fourth-order valence-electron chi connectivity index (χ4n) is 2.65. The van der Waals surface area contributed by atoms with Gasteiger partial charge in [-0.05, 0) is 56.3 Å². The van der Waals surface area contributed by atoms with E-state index < -0.39 is 0 Å². The number of allylic oxidation sites excluding steroid dienone is 1. The summed E-state index contributed by atoms with van der Waals surface area (Å²) in [5.41, 5.74) is 13.4. The number of nitrogens with two attached hydrogens (primary N) is 2. The van der Waals surface area contributed by atoms with E-state index in [0.717, 1.165) is 24.6 Å². The van der Waals surface area contributed by atoms with Gasteiger partial charge in [0.25, 0.3) is 0 Å². The highest BCUT2D eigenvalue weighted by atomic mass is 16.5. The van der Waals surface area contributed by atoms with E-state index in [4.69, 9.17) is 16.2 Å². The molecule has 5 heteroatoms. The molecule has 1 aliphatic heterocycles. The van der Waals surface area contributed by atoms with Gasteiger partial charge in [0.15, 0.2) is 0 Å². The molecule has 0 aliphatic carbocycles. The molecule has 2 rings (SSSR count). The average molecular weight is 345 g/mol. The van der Waals surface area contributed by atoms with Crippen LogP contribution in [0.1, 0.15) is 40.0 Å². The van der Waals surface area contributed by atoms with Gasteiger partial charge in [0, 0.05) is 17.7 Å². The molecule has 0 saturated carbocycles. The molecule has 0 radical (unpaired) electrons. The summed E-state index contributed by atoms with van der Waals surface area (Å²) in [6.07, 6.45) is 5.70. The third-order valence-electron chi connectivity index (χ3n) is 4.39. The Hall–Kier alpha value is -2.01. The second kappa shape index (κ2) is 8.90. The van der Waals surface area contributed by atoms with Crippen molar-refractivity contribution in [1.82, 2.24) is 4.90 Å². The van der Waals surface area contributed by atoms with Crippen molar-refractivity contribution in [3.8, 4) is 5.75 Å². The summed E-state index contributed by atoms with van der Waals surface area (Å²) >= 11 is 0. The molecule has 0 unspecified atom stereocenters. The van der Waals surface area contributed by atoms with Crippen LogP contribution in [0.25, 0.3) is 0 Å². The largest absolute Gasteiger partial charge is 0.492 e. The van der Waals surface area contributed by atoms with E-state index in [1.807, 2.05) is 45.0 Å². The minimum Gasteiger partial charge on any atom is -0.492 e. The normalized spacial score (nSPS) is 17.6. The molecule has 0 spiro atoms. The van der Waals surface area contributed by atoms with Crippen molar-refractivity contribution in [3.63, 3.8) is 0 Å². The molecule has 138 valence electrons. The second-order valence-electron chi connectivity index (χ2n) is 7.63. The van der Waals surface area contributed by atoms with Gasteiger partial charge in [0.1, 0.15) is 18.2 Å². The summed E-state index contributed by atoms with van der Waals surface area (Å²) in [6, 6.07) is 7.67. The van der Waals surface area contributed by atoms with E-state index in [9.17, 15) is 0 Å². The van der Waals surface area contributed by atoms with E-state index in [0.29, 0.717) is 11.5 Å². The third-order valence-corrected chi connectivity index (χ3v) is 4.39. The van der Waals surface area contributed by atoms with E-state index >= 15 is 0 Å². The molecular weight excluding hydrogens is 312 g/mol. The minimum absolute atomic E-state index is 0.119. The van der Waals surface area contributed by atoms with Gasteiger partial charge >= 0.3 is 0 Å². The van der Waals surface area contributed by atoms with Crippen molar-refractivity contribution in [2.75, 3.05) is 26.2 Å². The number of hydrogen-bond acceptors (Lipinski definition) is 4. The Labute approximate surface area is 151 Å². The van der Waals surface area contributed by atoms with Crippen LogP contribution in [-0.2, 0) is 0 Å². The summed E-state index contributed by atoms with van der Waals surface area (Å²) in [5, 5.41) is 0. The molecule has 1 fully saturated rings. The highest BCUT2D eigenvalue weighted by molar-refractivity contribution is 5.93. The SMILES string of the molecule is CC(C)(C)/C(N)=C/C(N)=Nc1ccc(OCCN2CCCCC2)cc1. The van der Waals surface area contributed by atoms with Crippen molar-refractivity contribution in [2.24, 2.45) is 21.9 Å². The molecule has 25 heavy (non-hydrogen) atoms. The molecule has 0 atom stereocenters. The molecule has 0 bridgehead atoms. The monoisotopic (exact) mass is 344 g/mol. The van der Waals surface area contributed by atoms with Crippen molar-refractivity contribution in [3.05, 3.63) is 36.0 Å². The van der Waals surface area contributed by atoms with Crippen LogP contribution in [0.2, 0.25) is 0 Å². The first-order valence-corrected chi connectivity index (χ1v) is 9.11. The fraction of sp³-hybridized carbons (Fsp3) is 0.550. The number of aliphatic imine (C=N–C) groups is 1. The maximum Gasteiger partial charge on any atom is 0.125 e. The van der Waals surface area contributed by atoms with Crippen LogP contribution in [0.4, 0.5) is 5.69 Å². The topological polar surface area (TPSA) is 76.9 Å². The molecule has 1 saturated heterocycles. The summed E-state index contributed by atoms with van der Waals surface area (Å²) in [5.74, 6) is 1.27. The standard InChI is InChI=1S/C20H32N4O/c1-20(2,3)18(21)15-19(22)23-16-7-9-17(10-8-16)25-14-13-24-11-5-4-6-12-24/h7-10,15H,4-6,11-14,21H2,1-3H3,(H2,22,23)/b18-15-.